The van der Waals surface area contributed by atoms with Crippen LogP contribution < -0.4 is 19.3 Å². The summed E-state index contributed by atoms with van der Waals surface area (Å²) in [6.07, 6.45) is 3.30. The number of carbonyl (C=O) groups is 2. The molecule has 2 aromatic heterocycles. The SMILES string of the molecule is COc1ccc(N2C(=O)C(c3c(C)nn(-c4cccc(Cl)c4)c3[O-])=C([n+]3ccccc3)C2=O)cc1. The summed E-state index contributed by atoms with van der Waals surface area (Å²) >= 11 is 6.10. The molecule has 1 aliphatic heterocycles. The Bertz CT molecular complexity index is 1490. The molecule has 2 aromatic carbocycles. The fourth-order valence-electron chi connectivity index (χ4n) is 4.07. The number of aryl methyl sites for hydroxylation is 1. The Hall–Kier alpha value is -4.43. The molecule has 0 saturated heterocycles. The van der Waals surface area contributed by atoms with E-state index in [4.69, 9.17) is 16.3 Å². The average Bonchev–Trinajstić information content (AvgIpc) is 3.30. The van der Waals surface area contributed by atoms with Crippen LogP contribution in [-0.2, 0) is 9.59 Å². The van der Waals surface area contributed by atoms with E-state index in [0.717, 1.165) is 4.90 Å². The second-order valence-electron chi connectivity index (χ2n) is 7.81. The van der Waals surface area contributed by atoms with Crippen molar-refractivity contribution in [3.05, 3.63) is 95.4 Å². The largest absolute Gasteiger partial charge is 0.858 e. The number of ether oxygens (including phenoxy) is 1. The van der Waals surface area contributed by atoms with Gasteiger partial charge in [0.2, 0.25) is 0 Å². The highest BCUT2D eigenvalue weighted by Gasteiger charge is 2.47. The van der Waals surface area contributed by atoms with Crippen molar-refractivity contribution in [1.29, 1.82) is 0 Å². The number of hydrogen-bond donors (Lipinski definition) is 0. The first-order chi connectivity index (χ1) is 16.9. The van der Waals surface area contributed by atoms with E-state index in [0.29, 0.717) is 27.8 Å². The van der Waals surface area contributed by atoms with Gasteiger partial charge in [-0.1, -0.05) is 23.7 Å². The van der Waals surface area contributed by atoms with Crippen LogP contribution in [0.3, 0.4) is 0 Å². The number of carbonyl (C=O) groups excluding carboxylic acids is 2. The van der Waals surface area contributed by atoms with Crippen LogP contribution in [0.1, 0.15) is 11.3 Å². The van der Waals surface area contributed by atoms with Crippen molar-refractivity contribution >= 4 is 40.4 Å². The molecule has 0 fully saturated rings. The second-order valence-corrected chi connectivity index (χ2v) is 8.24. The number of anilines is 1. The van der Waals surface area contributed by atoms with Crippen molar-refractivity contribution < 1.29 is 24.0 Å². The Morgan fingerprint density at radius 2 is 1.66 bits per heavy atom. The maximum Gasteiger partial charge on any atom is 0.331 e. The fourth-order valence-corrected chi connectivity index (χ4v) is 4.26. The van der Waals surface area contributed by atoms with Crippen LogP contribution >= 0.6 is 11.6 Å². The quantitative estimate of drug-likeness (QED) is 0.319. The first kappa shape index (κ1) is 22.4. The van der Waals surface area contributed by atoms with Gasteiger partial charge in [0.05, 0.1) is 24.2 Å². The molecule has 4 aromatic rings. The number of aromatic nitrogens is 3. The Balaban J connectivity index is 1.71. The van der Waals surface area contributed by atoms with Crippen molar-refractivity contribution in [1.82, 2.24) is 9.78 Å². The zero-order valence-corrected chi connectivity index (χ0v) is 19.6. The van der Waals surface area contributed by atoms with Crippen LogP contribution in [0.15, 0.2) is 79.1 Å². The molecule has 8 nitrogen and oxygen atoms in total. The highest BCUT2D eigenvalue weighted by atomic mass is 35.5. The molecule has 174 valence electrons. The lowest BCUT2D eigenvalue weighted by Gasteiger charge is -2.16. The topological polar surface area (TPSA) is 91.4 Å². The summed E-state index contributed by atoms with van der Waals surface area (Å²) in [5.41, 5.74) is 1.24. The minimum atomic E-state index is -0.614. The van der Waals surface area contributed by atoms with Gasteiger partial charge in [0.25, 0.3) is 11.6 Å². The molecule has 0 radical (unpaired) electrons. The number of benzene rings is 2. The summed E-state index contributed by atoms with van der Waals surface area (Å²) in [6, 6.07) is 18.5. The van der Waals surface area contributed by atoms with Gasteiger partial charge in [0, 0.05) is 22.7 Å². The van der Waals surface area contributed by atoms with E-state index in [2.05, 4.69) is 5.10 Å². The lowest BCUT2D eigenvalue weighted by Crippen LogP contribution is -2.39. The summed E-state index contributed by atoms with van der Waals surface area (Å²) in [5, 5.41) is 18.4. The molecular formula is C26H19ClN4O4. The Morgan fingerprint density at radius 1 is 0.943 bits per heavy atom. The van der Waals surface area contributed by atoms with Crippen molar-refractivity contribution in [2.75, 3.05) is 12.0 Å². The van der Waals surface area contributed by atoms with Crippen LogP contribution in [0, 0.1) is 6.92 Å². The summed E-state index contributed by atoms with van der Waals surface area (Å²) in [7, 11) is 1.53. The van der Waals surface area contributed by atoms with Gasteiger partial charge in [-0.15, -0.1) is 0 Å². The molecular weight excluding hydrogens is 468 g/mol. The maximum absolute atomic E-state index is 13.8. The fraction of sp³-hybridized carbons (Fsp3) is 0.0769. The zero-order valence-electron chi connectivity index (χ0n) is 18.8. The molecule has 0 unspecified atom stereocenters. The number of hydrogen-bond acceptors (Lipinski definition) is 5. The molecule has 5 rings (SSSR count). The number of rotatable bonds is 5. The van der Waals surface area contributed by atoms with Crippen molar-refractivity contribution in [3.63, 3.8) is 0 Å². The van der Waals surface area contributed by atoms with Gasteiger partial charge < -0.3 is 9.84 Å². The normalized spacial score (nSPS) is 13.6. The minimum absolute atomic E-state index is 0.0159. The van der Waals surface area contributed by atoms with Gasteiger partial charge >= 0.3 is 5.91 Å². The van der Waals surface area contributed by atoms with Gasteiger partial charge in [-0.05, 0) is 55.3 Å². The van der Waals surface area contributed by atoms with Crippen LogP contribution in [0.25, 0.3) is 17.0 Å². The number of methoxy groups -OCH3 is 1. The predicted molar refractivity (Wildman–Crippen MR) is 128 cm³/mol. The van der Waals surface area contributed by atoms with E-state index < -0.39 is 17.7 Å². The van der Waals surface area contributed by atoms with Gasteiger partial charge in [-0.2, -0.15) is 9.67 Å². The van der Waals surface area contributed by atoms with Crippen LogP contribution in [0.2, 0.25) is 5.02 Å². The number of imide groups is 1. The van der Waals surface area contributed by atoms with Crippen LogP contribution in [0.5, 0.6) is 11.6 Å². The van der Waals surface area contributed by atoms with Crippen LogP contribution in [0.4, 0.5) is 5.69 Å². The third-order valence-electron chi connectivity index (χ3n) is 5.68. The van der Waals surface area contributed by atoms with Gasteiger partial charge in [-0.25, -0.2) is 9.58 Å². The molecule has 35 heavy (non-hydrogen) atoms. The minimum Gasteiger partial charge on any atom is -0.858 e. The van der Waals surface area contributed by atoms with E-state index >= 15 is 0 Å². The number of amides is 2. The average molecular weight is 487 g/mol. The Labute approximate surface area is 205 Å². The van der Waals surface area contributed by atoms with Crippen molar-refractivity contribution in [2.45, 2.75) is 6.92 Å². The summed E-state index contributed by atoms with van der Waals surface area (Å²) in [4.78, 5) is 28.5. The summed E-state index contributed by atoms with van der Waals surface area (Å²) in [6.45, 7) is 1.63. The van der Waals surface area contributed by atoms with E-state index in [9.17, 15) is 14.7 Å². The second kappa shape index (κ2) is 8.73. The molecule has 0 bridgehead atoms. The summed E-state index contributed by atoms with van der Waals surface area (Å²) in [5.74, 6) is -1.11. The van der Waals surface area contributed by atoms with Gasteiger partial charge in [0.1, 0.15) is 11.3 Å². The van der Waals surface area contributed by atoms with Crippen molar-refractivity contribution in [2.24, 2.45) is 0 Å². The maximum atomic E-state index is 13.8. The van der Waals surface area contributed by atoms with E-state index in [1.807, 2.05) is 0 Å². The molecule has 1 aliphatic rings. The van der Waals surface area contributed by atoms with Gasteiger partial charge in [0.15, 0.2) is 12.4 Å². The highest BCUT2D eigenvalue weighted by Crippen LogP contribution is 2.38. The van der Waals surface area contributed by atoms with E-state index in [1.165, 1.54) is 16.4 Å². The molecule has 3 heterocycles. The molecule has 0 aliphatic carbocycles. The Morgan fingerprint density at radius 3 is 2.31 bits per heavy atom. The monoisotopic (exact) mass is 486 g/mol. The smallest absolute Gasteiger partial charge is 0.331 e. The zero-order chi connectivity index (χ0) is 24.7. The molecule has 0 spiro atoms. The highest BCUT2D eigenvalue weighted by molar-refractivity contribution is 6.53. The number of nitrogens with zero attached hydrogens (tertiary/aromatic N) is 4. The first-order valence-electron chi connectivity index (χ1n) is 10.7. The lowest BCUT2D eigenvalue weighted by atomic mass is 10.0. The van der Waals surface area contributed by atoms with E-state index in [1.54, 1.807) is 86.0 Å². The molecule has 2 amide bonds. The molecule has 0 saturated carbocycles. The van der Waals surface area contributed by atoms with Gasteiger partial charge in [-0.3, -0.25) is 9.59 Å². The molecule has 0 atom stereocenters. The standard InChI is InChI=1S/C26H19ClN4O4/c1-16-21(25(33)31(28-16)19-8-6-7-17(27)15-19)22-23(29-13-4-3-5-14-29)26(34)30(24(22)32)18-9-11-20(35-2)12-10-18/h3-15H,1-2H3. The van der Waals surface area contributed by atoms with Crippen molar-refractivity contribution in [3.8, 4) is 17.3 Å². The number of pyridine rings is 1. The molecule has 9 heteroatoms. The van der Waals surface area contributed by atoms with E-state index in [-0.39, 0.29) is 16.8 Å². The summed E-state index contributed by atoms with van der Waals surface area (Å²) < 4.78 is 7.91. The lowest BCUT2D eigenvalue weighted by molar-refractivity contribution is -0.576. The first-order valence-corrected chi connectivity index (χ1v) is 11.0. The van der Waals surface area contributed by atoms with Crippen LogP contribution in [-0.4, -0.2) is 28.7 Å². The Kier molecular flexibility index (Phi) is 5.58. The molecule has 0 N–H and O–H groups in total. The third kappa shape index (κ3) is 3.74. The third-order valence-corrected chi connectivity index (χ3v) is 5.92. The predicted octanol–water partition coefficient (Wildman–Crippen LogP) is 3.15. The number of halogens is 1.